The maximum Gasteiger partial charge on any atom is 0.242 e. The molecule has 6 heteroatoms. The standard InChI is InChI=1S/C14H18BrN3O2/c1-14-5-9(16-10(14)6-14)13(19)18-12-8(7-20-2)3-4-11(15)17-12/h3-4,9-10,16H,5-7H2,1-2H3,(H,17,18,19)/t9-,10+,14-/m0/s1. The number of piperidine rings is 1. The summed E-state index contributed by atoms with van der Waals surface area (Å²) >= 11 is 3.33. The Bertz CT molecular complexity index is 551. The van der Waals surface area contributed by atoms with Crippen molar-refractivity contribution >= 4 is 27.7 Å². The first-order valence-corrected chi connectivity index (χ1v) is 7.52. The van der Waals surface area contributed by atoms with Crippen LogP contribution in [-0.4, -0.2) is 30.1 Å². The lowest BCUT2D eigenvalue weighted by Gasteiger charge is -2.16. The Morgan fingerprint density at radius 1 is 1.60 bits per heavy atom. The van der Waals surface area contributed by atoms with Gasteiger partial charge >= 0.3 is 0 Å². The third-order valence-electron chi connectivity index (χ3n) is 4.23. The molecule has 2 N–H and O–H groups in total. The molecule has 0 spiro atoms. The van der Waals surface area contributed by atoms with Gasteiger partial charge in [0.05, 0.1) is 12.6 Å². The minimum absolute atomic E-state index is 0.0126. The van der Waals surface area contributed by atoms with Crippen LogP contribution in [0, 0.1) is 5.41 Å². The molecule has 1 aliphatic heterocycles. The molecule has 0 unspecified atom stereocenters. The van der Waals surface area contributed by atoms with Gasteiger partial charge in [0.15, 0.2) is 0 Å². The molecule has 1 aromatic heterocycles. The average Bonchev–Trinajstić information content (AvgIpc) is 2.91. The Kier molecular flexibility index (Phi) is 3.56. The normalized spacial score (nSPS) is 30.9. The van der Waals surface area contributed by atoms with Crippen molar-refractivity contribution in [1.82, 2.24) is 10.3 Å². The maximum absolute atomic E-state index is 12.3. The Labute approximate surface area is 126 Å². The minimum atomic E-state index is -0.116. The number of fused-ring (bicyclic) bond motifs is 1. The van der Waals surface area contributed by atoms with Gasteiger partial charge in [-0.05, 0) is 40.3 Å². The summed E-state index contributed by atoms with van der Waals surface area (Å²) in [5, 5.41) is 6.29. The van der Waals surface area contributed by atoms with Crippen LogP contribution < -0.4 is 10.6 Å². The Balaban J connectivity index is 1.71. The highest BCUT2D eigenvalue weighted by atomic mass is 79.9. The number of rotatable bonds is 4. The number of anilines is 1. The monoisotopic (exact) mass is 339 g/mol. The first kappa shape index (κ1) is 14.0. The highest BCUT2D eigenvalue weighted by Crippen LogP contribution is 2.53. The third-order valence-corrected chi connectivity index (χ3v) is 4.67. The van der Waals surface area contributed by atoms with Crippen molar-refractivity contribution in [3.8, 4) is 0 Å². The zero-order chi connectivity index (χ0) is 14.3. The van der Waals surface area contributed by atoms with Gasteiger partial charge in [-0.1, -0.05) is 13.0 Å². The lowest BCUT2D eigenvalue weighted by atomic mass is 10.0. The van der Waals surface area contributed by atoms with Crippen LogP contribution in [0.25, 0.3) is 0 Å². The quantitative estimate of drug-likeness (QED) is 0.824. The number of amides is 1. The summed E-state index contributed by atoms with van der Waals surface area (Å²) < 4.78 is 5.83. The molecule has 108 valence electrons. The Morgan fingerprint density at radius 2 is 2.40 bits per heavy atom. The third kappa shape index (κ3) is 2.60. The van der Waals surface area contributed by atoms with Crippen LogP contribution in [-0.2, 0) is 16.1 Å². The van der Waals surface area contributed by atoms with E-state index in [9.17, 15) is 4.79 Å². The second-order valence-corrected chi connectivity index (χ2v) is 6.71. The van der Waals surface area contributed by atoms with Crippen molar-refractivity contribution in [2.24, 2.45) is 5.41 Å². The topological polar surface area (TPSA) is 63.2 Å². The summed E-state index contributed by atoms with van der Waals surface area (Å²) in [5.74, 6) is 0.556. The molecule has 0 radical (unpaired) electrons. The fourth-order valence-electron chi connectivity index (χ4n) is 2.88. The Morgan fingerprint density at radius 3 is 3.05 bits per heavy atom. The molecule has 1 aliphatic carbocycles. The SMILES string of the molecule is COCc1ccc(Br)nc1NC(=O)[C@@H]1C[C@@]2(C)C[C@H]2N1. The number of nitrogens with zero attached hydrogens (tertiary/aromatic N) is 1. The Hall–Kier alpha value is -0.980. The second kappa shape index (κ2) is 5.09. The number of aromatic nitrogens is 1. The van der Waals surface area contributed by atoms with Gasteiger partial charge in [-0.2, -0.15) is 0 Å². The number of nitrogens with one attached hydrogen (secondary N) is 2. The molecular weight excluding hydrogens is 322 g/mol. The number of halogens is 1. The molecule has 20 heavy (non-hydrogen) atoms. The van der Waals surface area contributed by atoms with Crippen LogP contribution in [0.4, 0.5) is 5.82 Å². The molecule has 2 heterocycles. The summed E-state index contributed by atoms with van der Waals surface area (Å²) in [4.78, 5) is 16.6. The summed E-state index contributed by atoms with van der Waals surface area (Å²) in [6, 6.07) is 4.13. The minimum Gasteiger partial charge on any atom is -0.380 e. The van der Waals surface area contributed by atoms with Crippen LogP contribution in [0.15, 0.2) is 16.7 Å². The highest BCUT2D eigenvalue weighted by Gasteiger charge is 2.58. The van der Waals surface area contributed by atoms with Crippen LogP contribution in [0.3, 0.4) is 0 Å². The smallest absolute Gasteiger partial charge is 0.242 e. The molecule has 5 nitrogen and oxygen atoms in total. The molecule has 3 rings (SSSR count). The van der Waals surface area contributed by atoms with Crippen molar-refractivity contribution < 1.29 is 9.53 Å². The summed E-state index contributed by atoms with van der Waals surface area (Å²) in [5.41, 5.74) is 1.20. The van der Waals surface area contributed by atoms with Crippen molar-refractivity contribution in [3.05, 3.63) is 22.3 Å². The molecule has 3 atom stereocenters. The molecule has 2 aliphatic rings. The summed E-state index contributed by atoms with van der Waals surface area (Å²) in [7, 11) is 1.63. The van der Waals surface area contributed by atoms with Gasteiger partial charge in [0.1, 0.15) is 10.4 Å². The first-order valence-electron chi connectivity index (χ1n) is 6.73. The summed E-state index contributed by atoms with van der Waals surface area (Å²) in [6.45, 7) is 2.65. The van der Waals surface area contributed by atoms with Crippen molar-refractivity contribution in [1.29, 1.82) is 0 Å². The van der Waals surface area contributed by atoms with Crippen molar-refractivity contribution in [3.63, 3.8) is 0 Å². The van der Waals surface area contributed by atoms with E-state index >= 15 is 0 Å². The van der Waals surface area contributed by atoms with Gasteiger partial charge in [0.25, 0.3) is 0 Å². The first-order chi connectivity index (χ1) is 9.51. The fourth-order valence-corrected chi connectivity index (χ4v) is 3.19. The largest absolute Gasteiger partial charge is 0.380 e. The number of pyridine rings is 1. The van der Waals surface area contributed by atoms with Crippen LogP contribution in [0.2, 0.25) is 0 Å². The predicted octanol–water partition coefficient (Wildman–Crippen LogP) is 2.07. The average molecular weight is 340 g/mol. The van der Waals surface area contributed by atoms with Gasteiger partial charge in [-0.25, -0.2) is 4.98 Å². The van der Waals surface area contributed by atoms with Crippen LogP contribution in [0.1, 0.15) is 25.3 Å². The lowest BCUT2D eigenvalue weighted by molar-refractivity contribution is -0.118. The number of carbonyl (C=O) groups excluding carboxylic acids is 1. The van der Waals surface area contributed by atoms with Gasteiger partial charge in [-0.15, -0.1) is 0 Å². The van der Waals surface area contributed by atoms with E-state index < -0.39 is 0 Å². The number of carbonyl (C=O) groups is 1. The molecular formula is C14H18BrN3O2. The van der Waals surface area contributed by atoms with E-state index in [1.54, 1.807) is 7.11 Å². The van der Waals surface area contributed by atoms with E-state index in [1.807, 2.05) is 12.1 Å². The number of hydrogen-bond acceptors (Lipinski definition) is 4. The molecule has 0 aromatic carbocycles. The molecule has 1 saturated heterocycles. The molecule has 2 fully saturated rings. The van der Waals surface area contributed by atoms with Gasteiger partial charge in [0.2, 0.25) is 5.91 Å². The van der Waals surface area contributed by atoms with Crippen LogP contribution >= 0.6 is 15.9 Å². The number of ether oxygens (including phenoxy) is 1. The van der Waals surface area contributed by atoms with Crippen LogP contribution in [0.5, 0.6) is 0 Å². The number of methoxy groups -OCH3 is 1. The fraction of sp³-hybridized carbons (Fsp3) is 0.571. The van der Waals surface area contributed by atoms with Crippen molar-refractivity contribution in [2.45, 2.75) is 38.5 Å². The van der Waals surface area contributed by atoms with Gasteiger partial charge in [-0.3, -0.25) is 4.79 Å². The molecule has 1 aromatic rings. The molecule has 1 amide bonds. The zero-order valence-electron chi connectivity index (χ0n) is 11.6. The van der Waals surface area contributed by atoms with E-state index in [0.29, 0.717) is 28.5 Å². The highest BCUT2D eigenvalue weighted by molar-refractivity contribution is 9.10. The number of hydrogen-bond donors (Lipinski definition) is 2. The van der Waals surface area contributed by atoms with E-state index in [4.69, 9.17) is 4.74 Å². The molecule has 0 bridgehead atoms. The van der Waals surface area contributed by atoms with Crippen molar-refractivity contribution in [2.75, 3.05) is 12.4 Å². The van der Waals surface area contributed by atoms with E-state index in [1.165, 1.54) is 6.42 Å². The predicted molar refractivity (Wildman–Crippen MR) is 79.3 cm³/mol. The van der Waals surface area contributed by atoms with E-state index in [-0.39, 0.29) is 11.9 Å². The molecule has 1 saturated carbocycles. The summed E-state index contributed by atoms with van der Waals surface area (Å²) in [6.07, 6.45) is 2.08. The lowest BCUT2D eigenvalue weighted by Crippen LogP contribution is -2.38. The van der Waals surface area contributed by atoms with Gasteiger partial charge < -0.3 is 15.4 Å². The van der Waals surface area contributed by atoms with E-state index in [0.717, 1.165) is 12.0 Å². The van der Waals surface area contributed by atoms with Gasteiger partial charge in [0, 0.05) is 18.7 Å². The zero-order valence-corrected chi connectivity index (χ0v) is 13.2. The second-order valence-electron chi connectivity index (χ2n) is 5.90. The maximum atomic E-state index is 12.3. The van der Waals surface area contributed by atoms with E-state index in [2.05, 4.69) is 38.5 Å².